The summed E-state index contributed by atoms with van der Waals surface area (Å²) < 4.78 is 1.78. The molecule has 1 aliphatic rings. The van der Waals surface area contributed by atoms with E-state index in [0.717, 1.165) is 29.1 Å². The summed E-state index contributed by atoms with van der Waals surface area (Å²) in [5.74, 6) is 1.41. The van der Waals surface area contributed by atoms with Crippen molar-refractivity contribution in [3.05, 3.63) is 53.6 Å². The van der Waals surface area contributed by atoms with E-state index in [-0.39, 0.29) is 11.9 Å². The van der Waals surface area contributed by atoms with Crippen LogP contribution < -0.4 is 5.32 Å². The van der Waals surface area contributed by atoms with Crippen molar-refractivity contribution >= 4 is 11.7 Å². The van der Waals surface area contributed by atoms with Gasteiger partial charge in [0, 0.05) is 44.0 Å². The largest absolute Gasteiger partial charge is 0.363 e. The molecule has 3 aromatic heterocycles. The SMILES string of the molecule is CC(=O)N1CCc2c(nc(-c3ccccn3)nc2NC(C)c2cnn(C)c2)C1. The number of nitrogens with zero attached hydrogens (tertiary/aromatic N) is 6. The number of hydrogen-bond acceptors (Lipinski definition) is 6. The minimum absolute atomic E-state index is 0.0371. The maximum atomic E-state index is 11.9. The van der Waals surface area contributed by atoms with Crippen molar-refractivity contribution in [2.45, 2.75) is 32.9 Å². The topological polar surface area (TPSA) is 88.8 Å². The van der Waals surface area contributed by atoms with Crippen molar-refractivity contribution in [3.63, 3.8) is 0 Å². The lowest BCUT2D eigenvalue weighted by atomic mass is 10.0. The van der Waals surface area contributed by atoms with Gasteiger partial charge in [0.05, 0.1) is 24.5 Å². The number of amides is 1. The molecule has 3 aromatic rings. The van der Waals surface area contributed by atoms with Gasteiger partial charge in [-0.3, -0.25) is 14.5 Å². The van der Waals surface area contributed by atoms with E-state index >= 15 is 0 Å². The molecule has 0 spiro atoms. The first kappa shape index (κ1) is 18.1. The predicted molar refractivity (Wildman–Crippen MR) is 105 cm³/mol. The zero-order chi connectivity index (χ0) is 19.7. The first-order valence-corrected chi connectivity index (χ1v) is 9.33. The van der Waals surface area contributed by atoms with Crippen LogP contribution in [-0.4, -0.2) is 42.1 Å². The molecule has 1 N–H and O–H groups in total. The summed E-state index contributed by atoms with van der Waals surface area (Å²) in [5, 5.41) is 7.77. The molecule has 0 fully saturated rings. The molecule has 8 nitrogen and oxygen atoms in total. The fourth-order valence-electron chi connectivity index (χ4n) is 3.38. The summed E-state index contributed by atoms with van der Waals surface area (Å²) in [5.41, 5.74) is 3.73. The second kappa shape index (κ2) is 7.38. The second-order valence-corrected chi connectivity index (χ2v) is 7.04. The number of aromatic nitrogens is 5. The van der Waals surface area contributed by atoms with Crippen LogP contribution in [0.5, 0.6) is 0 Å². The third-order valence-electron chi connectivity index (χ3n) is 4.98. The van der Waals surface area contributed by atoms with Gasteiger partial charge in [0.25, 0.3) is 0 Å². The molecule has 0 radical (unpaired) electrons. The van der Waals surface area contributed by atoms with Crippen molar-refractivity contribution in [3.8, 4) is 11.5 Å². The molecular formula is C20H23N7O. The highest BCUT2D eigenvalue weighted by Gasteiger charge is 2.25. The number of aryl methyl sites for hydroxylation is 1. The molecule has 4 heterocycles. The van der Waals surface area contributed by atoms with E-state index < -0.39 is 0 Å². The quantitative estimate of drug-likeness (QED) is 0.751. The molecule has 1 atom stereocenters. The molecule has 0 aliphatic carbocycles. The van der Waals surface area contributed by atoms with Gasteiger partial charge in [-0.15, -0.1) is 0 Å². The summed E-state index contributed by atoms with van der Waals surface area (Å²) in [4.78, 5) is 27.6. The Morgan fingerprint density at radius 2 is 2.14 bits per heavy atom. The lowest BCUT2D eigenvalue weighted by Crippen LogP contribution is -2.35. The average Bonchev–Trinajstić information content (AvgIpc) is 3.14. The van der Waals surface area contributed by atoms with Crippen molar-refractivity contribution in [1.29, 1.82) is 0 Å². The Hall–Kier alpha value is -3.29. The lowest BCUT2D eigenvalue weighted by molar-refractivity contribution is -0.129. The van der Waals surface area contributed by atoms with Crippen LogP contribution in [0.1, 0.15) is 36.7 Å². The normalized spacial score (nSPS) is 14.5. The van der Waals surface area contributed by atoms with Crippen LogP contribution in [0.4, 0.5) is 5.82 Å². The van der Waals surface area contributed by atoms with Gasteiger partial charge >= 0.3 is 0 Å². The molecule has 28 heavy (non-hydrogen) atoms. The number of nitrogens with one attached hydrogen (secondary N) is 1. The summed E-state index contributed by atoms with van der Waals surface area (Å²) in [7, 11) is 1.90. The van der Waals surface area contributed by atoms with E-state index in [1.807, 2.05) is 42.5 Å². The highest BCUT2D eigenvalue weighted by atomic mass is 16.2. The van der Waals surface area contributed by atoms with Gasteiger partial charge in [-0.25, -0.2) is 9.97 Å². The first-order chi connectivity index (χ1) is 13.5. The Kier molecular flexibility index (Phi) is 4.77. The molecular weight excluding hydrogens is 354 g/mol. The Balaban J connectivity index is 1.73. The molecule has 1 unspecified atom stereocenters. The van der Waals surface area contributed by atoms with Crippen LogP contribution in [-0.2, 0) is 24.8 Å². The van der Waals surface area contributed by atoms with Gasteiger partial charge in [-0.05, 0) is 25.5 Å². The van der Waals surface area contributed by atoms with Gasteiger partial charge in [0.1, 0.15) is 11.5 Å². The number of anilines is 1. The predicted octanol–water partition coefficient (Wildman–Crippen LogP) is 2.35. The minimum Gasteiger partial charge on any atom is -0.363 e. The van der Waals surface area contributed by atoms with Gasteiger partial charge in [-0.2, -0.15) is 5.10 Å². The number of carbonyl (C=O) groups excluding carboxylic acids is 1. The molecule has 0 saturated carbocycles. The van der Waals surface area contributed by atoms with E-state index in [0.29, 0.717) is 24.6 Å². The standard InChI is InChI=1S/C20H23N7O/c1-13(15-10-22-26(3)11-15)23-19-16-7-9-27(14(2)28)12-18(16)24-20(25-19)17-6-4-5-8-21-17/h4-6,8,10-11,13H,7,9,12H2,1-3H3,(H,23,24,25). The second-order valence-electron chi connectivity index (χ2n) is 7.04. The summed E-state index contributed by atoms with van der Waals surface area (Å²) >= 11 is 0. The summed E-state index contributed by atoms with van der Waals surface area (Å²) in [6.45, 7) is 4.83. The summed E-state index contributed by atoms with van der Waals surface area (Å²) in [6.07, 6.45) is 6.29. The number of hydrogen-bond donors (Lipinski definition) is 1. The van der Waals surface area contributed by atoms with Crippen LogP contribution in [0.15, 0.2) is 36.8 Å². The fraction of sp³-hybridized carbons (Fsp3) is 0.350. The van der Waals surface area contributed by atoms with Gasteiger partial charge < -0.3 is 10.2 Å². The van der Waals surface area contributed by atoms with Gasteiger partial charge in [0.2, 0.25) is 5.91 Å². The maximum Gasteiger partial charge on any atom is 0.219 e. The van der Waals surface area contributed by atoms with Gasteiger partial charge in [0.15, 0.2) is 5.82 Å². The van der Waals surface area contributed by atoms with Crippen LogP contribution in [0.3, 0.4) is 0 Å². The third kappa shape index (κ3) is 3.58. The zero-order valence-corrected chi connectivity index (χ0v) is 16.3. The maximum absolute atomic E-state index is 11.9. The van der Waals surface area contributed by atoms with Crippen molar-refractivity contribution < 1.29 is 4.79 Å². The molecule has 0 aromatic carbocycles. The van der Waals surface area contributed by atoms with E-state index in [4.69, 9.17) is 9.97 Å². The van der Waals surface area contributed by atoms with E-state index in [1.54, 1.807) is 17.8 Å². The van der Waals surface area contributed by atoms with Crippen molar-refractivity contribution in [1.82, 2.24) is 29.6 Å². The minimum atomic E-state index is 0.0371. The molecule has 0 bridgehead atoms. The number of fused-ring (bicyclic) bond motifs is 1. The Labute approximate surface area is 163 Å². The highest BCUT2D eigenvalue weighted by Crippen LogP contribution is 2.29. The Morgan fingerprint density at radius 3 is 2.82 bits per heavy atom. The molecule has 1 aliphatic heterocycles. The molecule has 4 rings (SSSR count). The highest BCUT2D eigenvalue weighted by molar-refractivity contribution is 5.74. The Morgan fingerprint density at radius 1 is 1.29 bits per heavy atom. The summed E-state index contributed by atoms with van der Waals surface area (Å²) in [6, 6.07) is 5.71. The number of rotatable bonds is 4. The number of pyridine rings is 1. The number of carbonyl (C=O) groups is 1. The first-order valence-electron chi connectivity index (χ1n) is 9.33. The van der Waals surface area contributed by atoms with Crippen molar-refractivity contribution in [2.75, 3.05) is 11.9 Å². The average molecular weight is 377 g/mol. The molecule has 144 valence electrons. The fourth-order valence-corrected chi connectivity index (χ4v) is 3.38. The zero-order valence-electron chi connectivity index (χ0n) is 16.3. The van der Waals surface area contributed by atoms with E-state index in [2.05, 4.69) is 22.3 Å². The monoisotopic (exact) mass is 377 g/mol. The van der Waals surface area contributed by atoms with Crippen molar-refractivity contribution in [2.24, 2.45) is 7.05 Å². The van der Waals surface area contributed by atoms with Crippen LogP contribution in [0.25, 0.3) is 11.5 Å². The van der Waals surface area contributed by atoms with Gasteiger partial charge in [-0.1, -0.05) is 6.07 Å². The van der Waals surface area contributed by atoms with E-state index in [9.17, 15) is 4.79 Å². The molecule has 0 saturated heterocycles. The molecule has 1 amide bonds. The van der Waals surface area contributed by atoms with Crippen LogP contribution in [0.2, 0.25) is 0 Å². The lowest BCUT2D eigenvalue weighted by Gasteiger charge is -2.29. The smallest absolute Gasteiger partial charge is 0.219 e. The van der Waals surface area contributed by atoms with Crippen LogP contribution >= 0.6 is 0 Å². The third-order valence-corrected chi connectivity index (χ3v) is 4.98. The van der Waals surface area contributed by atoms with E-state index in [1.165, 1.54) is 0 Å². The molecule has 8 heteroatoms. The Bertz CT molecular complexity index is 999. The van der Waals surface area contributed by atoms with Crippen LogP contribution in [0, 0.1) is 0 Å².